The van der Waals surface area contributed by atoms with Crippen LogP contribution in [0.4, 0.5) is 0 Å². The second-order valence-corrected chi connectivity index (χ2v) is 2.63. The van der Waals surface area contributed by atoms with Gasteiger partial charge in [0.15, 0.2) is 5.78 Å². The number of allylic oxidation sites excluding steroid dienone is 1. The summed E-state index contributed by atoms with van der Waals surface area (Å²) in [6.07, 6.45) is 6.60. The molecule has 1 aliphatic rings. The van der Waals surface area contributed by atoms with E-state index in [4.69, 9.17) is 11.2 Å². The highest BCUT2D eigenvalue weighted by Gasteiger charge is 2.40. The Morgan fingerprint density at radius 2 is 2.27 bits per heavy atom. The lowest BCUT2D eigenvalue weighted by Gasteiger charge is -1.83. The minimum atomic E-state index is -0.238. The van der Waals surface area contributed by atoms with Gasteiger partial charge in [-0.2, -0.15) is 0 Å². The first-order valence-corrected chi connectivity index (χ1v) is 3.46. The van der Waals surface area contributed by atoms with E-state index < -0.39 is 0 Å². The van der Waals surface area contributed by atoms with Gasteiger partial charge >= 0.3 is 0 Å². The molecule has 0 unspecified atom stereocenters. The van der Waals surface area contributed by atoms with Gasteiger partial charge in [0, 0.05) is 0 Å². The molecule has 0 aliphatic carbocycles. The Labute approximate surface area is 66.2 Å². The van der Waals surface area contributed by atoms with Crippen LogP contribution in [0.3, 0.4) is 0 Å². The van der Waals surface area contributed by atoms with E-state index in [1.807, 2.05) is 6.92 Å². The van der Waals surface area contributed by atoms with E-state index in [1.165, 1.54) is 6.92 Å². The third-order valence-electron chi connectivity index (χ3n) is 1.57. The SMILES string of the molecule is C#C/C(C)=C\[C@@H]1O[C@H]1C(C)=O. The van der Waals surface area contributed by atoms with Crippen molar-refractivity contribution in [3.63, 3.8) is 0 Å². The highest BCUT2D eigenvalue weighted by atomic mass is 16.6. The predicted molar refractivity (Wildman–Crippen MR) is 41.9 cm³/mol. The van der Waals surface area contributed by atoms with Crippen molar-refractivity contribution in [1.82, 2.24) is 0 Å². The van der Waals surface area contributed by atoms with Gasteiger partial charge in [-0.1, -0.05) is 5.92 Å². The number of carbonyl (C=O) groups is 1. The maximum atomic E-state index is 10.7. The monoisotopic (exact) mass is 150 g/mol. The predicted octanol–water partition coefficient (Wildman–Crippen LogP) is 0.922. The molecular weight excluding hydrogens is 140 g/mol. The van der Waals surface area contributed by atoms with E-state index in [-0.39, 0.29) is 18.0 Å². The van der Waals surface area contributed by atoms with Crippen LogP contribution in [-0.4, -0.2) is 18.0 Å². The fraction of sp³-hybridized carbons (Fsp3) is 0.444. The lowest BCUT2D eigenvalue weighted by Crippen LogP contribution is -2.02. The highest BCUT2D eigenvalue weighted by Crippen LogP contribution is 2.24. The summed E-state index contributed by atoms with van der Waals surface area (Å²) < 4.78 is 5.03. The number of ketones is 1. The molecule has 1 aliphatic heterocycles. The zero-order valence-electron chi connectivity index (χ0n) is 6.63. The summed E-state index contributed by atoms with van der Waals surface area (Å²) in [5.74, 6) is 2.53. The number of Topliss-reactive ketones (excluding diaryl/α,β-unsaturated/α-hetero) is 1. The molecule has 0 N–H and O–H groups in total. The standard InChI is InChI=1S/C9H10O2/c1-4-6(2)5-8-9(11-8)7(3)10/h1,5,8-9H,2-3H3/b6-5-/t8-,9-/m0/s1. The maximum Gasteiger partial charge on any atom is 0.161 e. The molecule has 0 amide bonds. The topological polar surface area (TPSA) is 29.6 Å². The van der Waals surface area contributed by atoms with Gasteiger partial charge in [-0.3, -0.25) is 4.79 Å². The molecule has 0 aromatic heterocycles. The lowest BCUT2D eigenvalue weighted by atomic mass is 10.2. The molecule has 1 saturated heterocycles. The van der Waals surface area contributed by atoms with Crippen molar-refractivity contribution >= 4 is 5.78 Å². The van der Waals surface area contributed by atoms with Crippen LogP contribution < -0.4 is 0 Å². The first-order valence-electron chi connectivity index (χ1n) is 3.46. The number of ether oxygens (including phenoxy) is 1. The third kappa shape index (κ3) is 1.92. The molecule has 1 rings (SSSR count). The highest BCUT2D eigenvalue weighted by molar-refractivity contribution is 5.83. The van der Waals surface area contributed by atoms with Gasteiger partial charge in [0.25, 0.3) is 0 Å². The molecule has 1 fully saturated rings. The molecule has 0 saturated carbocycles. The molecule has 0 aromatic carbocycles. The summed E-state index contributed by atoms with van der Waals surface area (Å²) in [4.78, 5) is 10.7. The van der Waals surface area contributed by atoms with E-state index in [1.54, 1.807) is 6.08 Å². The number of hydrogen-bond donors (Lipinski definition) is 0. The first-order chi connectivity index (χ1) is 5.15. The fourth-order valence-corrected chi connectivity index (χ4v) is 0.872. The van der Waals surface area contributed by atoms with Crippen LogP contribution in [0.1, 0.15) is 13.8 Å². The molecule has 2 nitrogen and oxygen atoms in total. The Bertz CT molecular complexity index is 245. The van der Waals surface area contributed by atoms with E-state index in [0.29, 0.717) is 0 Å². The van der Waals surface area contributed by atoms with E-state index in [0.717, 1.165) is 5.57 Å². The Hall–Kier alpha value is -1.07. The zero-order chi connectivity index (χ0) is 8.43. The van der Waals surface area contributed by atoms with Gasteiger partial charge in [0.2, 0.25) is 0 Å². The van der Waals surface area contributed by atoms with Crippen molar-refractivity contribution in [2.45, 2.75) is 26.1 Å². The van der Waals surface area contributed by atoms with Crippen LogP contribution in [0.2, 0.25) is 0 Å². The number of epoxide rings is 1. The second-order valence-electron chi connectivity index (χ2n) is 2.63. The molecule has 0 bridgehead atoms. The van der Waals surface area contributed by atoms with Crippen molar-refractivity contribution < 1.29 is 9.53 Å². The van der Waals surface area contributed by atoms with Crippen LogP contribution in [0.15, 0.2) is 11.6 Å². The summed E-state index contributed by atoms with van der Waals surface area (Å²) in [5.41, 5.74) is 0.818. The average Bonchev–Trinajstić information content (AvgIpc) is 2.67. The van der Waals surface area contributed by atoms with Gasteiger partial charge in [-0.25, -0.2) is 0 Å². The Morgan fingerprint density at radius 3 is 2.64 bits per heavy atom. The molecular formula is C9H10O2. The van der Waals surface area contributed by atoms with Gasteiger partial charge in [0.05, 0.1) is 0 Å². The van der Waals surface area contributed by atoms with Crippen molar-refractivity contribution in [3.8, 4) is 12.3 Å². The number of hydrogen-bond acceptors (Lipinski definition) is 2. The summed E-state index contributed by atoms with van der Waals surface area (Å²) in [6, 6.07) is 0. The minimum absolute atomic E-state index is 0.0658. The molecule has 0 radical (unpaired) electrons. The molecule has 1 heterocycles. The van der Waals surface area contributed by atoms with Crippen LogP contribution >= 0.6 is 0 Å². The maximum absolute atomic E-state index is 10.7. The quantitative estimate of drug-likeness (QED) is 0.432. The summed E-state index contributed by atoms with van der Waals surface area (Å²) >= 11 is 0. The van der Waals surface area contributed by atoms with Crippen LogP contribution in [0, 0.1) is 12.3 Å². The first kappa shape index (κ1) is 8.03. The smallest absolute Gasteiger partial charge is 0.161 e. The van der Waals surface area contributed by atoms with Gasteiger partial charge in [-0.05, 0) is 25.5 Å². The Balaban J connectivity index is 2.47. The van der Waals surface area contributed by atoms with Crippen molar-refractivity contribution in [1.29, 1.82) is 0 Å². The minimum Gasteiger partial charge on any atom is -0.357 e. The molecule has 2 atom stereocenters. The van der Waals surface area contributed by atoms with E-state index >= 15 is 0 Å². The van der Waals surface area contributed by atoms with Crippen LogP contribution in [0.25, 0.3) is 0 Å². The number of carbonyl (C=O) groups excluding carboxylic acids is 1. The molecule has 58 valence electrons. The van der Waals surface area contributed by atoms with Gasteiger partial charge < -0.3 is 4.74 Å². The van der Waals surface area contributed by atoms with Crippen LogP contribution in [0.5, 0.6) is 0 Å². The Morgan fingerprint density at radius 1 is 1.64 bits per heavy atom. The normalized spacial score (nSPS) is 29.4. The summed E-state index contributed by atoms with van der Waals surface area (Å²) in [6.45, 7) is 3.34. The number of terminal acetylenes is 1. The fourth-order valence-electron chi connectivity index (χ4n) is 0.872. The molecule has 11 heavy (non-hydrogen) atoms. The van der Waals surface area contributed by atoms with E-state index in [2.05, 4.69) is 5.92 Å². The van der Waals surface area contributed by atoms with Crippen molar-refractivity contribution in [2.24, 2.45) is 0 Å². The van der Waals surface area contributed by atoms with E-state index in [9.17, 15) is 4.79 Å². The second kappa shape index (κ2) is 2.89. The molecule has 0 spiro atoms. The third-order valence-corrected chi connectivity index (χ3v) is 1.57. The lowest BCUT2D eigenvalue weighted by molar-refractivity contribution is -0.118. The van der Waals surface area contributed by atoms with Crippen LogP contribution in [-0.2, 0) is 9.53 Å². The average molecular weight is 150 g/mol. The zero-order valence-corrected chi connectivity index (χ0v) is 6.63. The largest absolute Gasteiger partial charge is 0.357 e. The number of rotatable bonds is 2. The molecule has 0 aromatic rings. The summed E-state index contributed by atoms with van der Waals surface area (Å²) in [7, 11) is 0. The Kier molecular flexibility index (Phi) is 2.11. The van der Waals surface area contributed by atoms with Gasteiger partial charge in [0.1, 0.15) is 12.2 Å². The molecule has 2 heteroatoms. The van der Waals surface area contributed by atoms with Crippen molar-refractivity contribution in [2.75, 3.05) is 0 Å². The van der Waals surface area contributed by atoms with Crippen molar-refractivity contribution in [3.05, 3.63) is 11.6 Å². The van der Waals surface area contributed by atoms with Gasteiger partial charge in [-0.15, -0.1) is 6.42 Å². The summed E-state index contributed by atoms with van der Waals surface area (Å²) in [5, 5.41) is 0.